The van der Waals surface area contributed by atoms with Crippen molar-refractivity contribution < 1.29 is 18.9 Å². The van der Waals surface area contributed by atoms with Crippen LogP contribution in [0.5, 0.6) is 11.5 Å². The number of benzene rings is 3. The van der Waals surface area contributed by atoms with Gasteiger partial charge in [0.1, 0.15) is 24.7 Å². The third-order valence-corrected chi connectivity index (χ3v) is 7.55. The molecule has 1 saturated heterocycles. The van der Waals surface area contributed by atoms with Crippen molar-refractivity contribution in [1.82, 2.24) is 5.32 Å². The summed E-state index contributed by atoms with van der Waals surface area (Å²) in [6.07, 6.45) is 2.20. The number of para-hydroxylation sites is 1. The van der Waals surface area contributed by atoms with Gasteiger partial charge < -0.3 is 29.2 Å². The minimum Gasteiger partial charge on any atom is -0.490 e. The van der Waals surface area contributed by atoms with Crippen molar-refractivity contribution in [1.29, 1.82) is 0 Å². The van der Waals surface area contributed by atoms with Crippen LogP contribution in [0.2, 0.25) is 0 Å². The third-order valence-electron chi connectivity index (χ3n) is 7.55. The first-order valence-corrected chi connectivity index (χ1v) is 13.8. The van der Waals surface area contributed by atoms with E-state index in [1.165, 1.54) is 16.7 Å². The fourth-order valence-corrected chi connectivity index (χ4v) is 5.37. The van der Waals surface area contributed by atoms with Crippen molar-refractivity contribution in [3.63, 3.8) is 0 Å². The SMILES string of the molecule is COCCCN1CCOc2ccc(CO[C@H]3CNCC[C@@H]3c3ccc(COc4ccccc4C)cc3)cc21. The number of anilines is 1. The summed E-state index contributed by atoms with van der Waals surface area (Å²) < 4.78 is 23.7. The number of hydrogen-bond donors (Lipinski definition) is 1. The van der Waals surface area contributed by atoms with Crippen molar-refractivity contribution in [3.05, 3.63) is 89.0 Å². The van der Waals surface area contributed by atoms with Gasteiger partial charge in [0.05, 0.1) is 24.9 Å². The zero-order valence-electron chi connectivity index (χ0n) is 22.7. The maximum atomic E-state index is 6.54. The Bertz CT molecular complexity index is 1170. The molecule has 1 fully saturated rings. The van der Waals surface area contributed by atoms with Gasteiger partial charge in [0.15, 0.2) is 0 Å². The highest BCUT2D eigenvalue weighted by Crippen LogP contribution is 2.34. The number of aryl methyl sites for hydroxylation is 1. The van der Waals surface area contributed by atoms with Gasteiger partial charge in [0.2, 0.25) is 0 Å². The third kappa shape index (κ3) is 6.68. The summed E-state index contributed by atoms with van der Waals surface area (Å²) in [6.45, 7) is 8.47. The summed E-state index contributed by atoms with van der Waals surface area (Å²) in [7, 11) is 1.76. The average molecular weight is 517 g/mol. The highest BCUT2D eigenvalue weighted by Gasteiger charge is 2.27. The molecule has 0 aromatic heterocycles. The van der Waals surface area contributed by atoms with Gasteiger partial charge in [-0.2, -0.15) is 0 Å². The predicted molar refractivity (Wildman–Crippen MR) is 151 cm³/mol. The summed E-state index contributed by atoms with van der Waals surface area (Å²) in [4.78, 5) is 2.40. The Labute approximate surface area is 226 Å². The number of nitrogens with one attached hydrogen (secondary N) is 1. The Morgan fingerprint density at radius 2 is 1.84 bits per heavy atom. The monoisotopic (exact) mass is 516 g/mol. The number of methoxy groups -OCH3 is 1. The molecule has 0 bridgehead atoms. The van der Waals surface area contributed by atoms with E-state index in [2.05, 4.69) is 65.7 Å². The van der Waals surface area contributed by atoms with Crippen LogP contribution in [-0.4, -0.2) is 52.6 Å². The highest BCUT2D eigenvalue weighted by molar-refractivity contribution is 5.61. The van der Waals surface area contributed by atoms with Crippen molar-refractivity contribution in [2.24, 2.45) is 0 Å². The average Bonchev–Trinajstić information content (AvgIpc) is 2.96. The van der Waals surface area contributed by atoms with E-state index >= 15 is 0 Å². The Morgan fingerprint density at radius 3 is 2.68 bits per heavy atom. The van der Waals surface area contributed by atoms with Crippen molar-refractivity contribution >= 4 is 5.69 Å². The van der Waals surface area contributed by atoms with E-state index in [0.29, 0.717) is 19.1 Å². The van der Waals surface area contributed by atoms with Gasteiger partial charge in [-0.1, -0.05) is 48.5 Å². The molecule has 0 aliphatic carbocycles. The molecule has 202 valence electrons. The van der Waals surface area contributed by atoms with Crippen LogP contribution in [0.3, 0.4) is 0 Å². The fourth-order valence-electron chi connectivity index (χ4n) is 5.37. The van der Waals surface area contributed by atoms with Gasteiger partial charge in [-0.15, -0.1) is 0 Å². The van der Waals surface area contributed by atoms with Crippen LogP contribution in [0, 0.1) is 6.92 Å². The van der Waals surface area contributed by atoms with Gasteiger partial charge in [-0.25, -0.2) is 0 Å². The molecule has 6 heteroatoms. The maximum absolute atomic E-state index is 6.54. The molecule has 2 aliphatic rings. The molecular weight excluding hydrogens is 476 g/mol. The van der Waals surface area contributed by atoms with Crippen LogP contribution in [0.15, 0.2) is 66.7 Å². The lowest BCUT2D eigenvalue weighted by atomic mass is 9.87. The number of hydrogen-bond acceptors (Lipinski definition) is 6. The topological polar surface area (TPSA) is 52.2 Å². The zero-order chi connectivity index (χ0) is 26.2. The molecule has 3 aromatic carbocycles. The second-order valence-corrected chi connectivity index (χ2v) is 10.2. The van der Waals surface area contributed by atoms with E-state index in [1.807, 2.05) is 18.2 Å². The summed E-state index contributed by atoms with van der Waals surface area (Å²) in [5, 5.41) is 3.53. The summed E-state index contributed by atoms with van der Waals surface area (Å²) in [5.41, 5.74) is 6.01. The lowest BCUT2D eigenvalue weighted by molar-refractivity contribution is 0.0106. The van der Waals surface area contributed by atoms with Gasteiger partial charge in [-0.05, 0) is 66.8 Å². The number of piperidine rings is 1. The van der Waals surface area contributed by atoms with Crippen LogP contribution in [0.1, 0.15) is 41.0 Å². The molecule has 2 aliphatic heterocycles. The van der Waals surface area contributed by atoms with Crippen LogP contribution in [-0.2, 0) is 22.7 Å². The first-order chi connectivity index (χ1) is 18.7. The van der Waals surface area contributed by atoms with Gasteiger partial charge in [0, 0.05) is 32.7 Å². The zero-order valence-corrected chi connectivity index (χ0v) is 22.7. The molecule has 1 N–H and O–H groups in total. The smallest absolute Gasteiger partial charge is 0.142 e. The minimum absolute atomic E-state index is 0.128. The maximum Gasteiger partial charge on any atom is 0.142 e. The molecule has 0 spiro atoms. The van der Waals surface area contributed by atoms with Crippen LogP contribution < -0.4 is 19.7 Å². The Hall–Kier alpha value is -3.06. The first kappa shape index (κ1) is 26.5. The minimum atomic E-state index is 0.128. The van der Waals surface area contributed by atoms with Crippen molar-refractivity contribution in [3.8, 4) is 11.5 Å². The molecule has 5 rings (SSSR count). The summed E-state index contributed by atoms with van der Waals surface area (Å²) >= 11 is 0. The second kappa shape index (κ2) is 13.1. The molecule has 0 amide bonds. The standard InChI is InChI=1S/C32H40N2O4/c1-24-6-3-4-7-30(24)37-22-25-8-11-27(12-9-25)28-14-15-33-21-32(28)38-23-26-10-13-31-29(20-26)34(17-19-36-31)16-5-18-35-2/h3-4,6-13,20,28,32-33H,5,14-19,21-23H2,1-2H3/t28-,32+/m1/s1. The molecule has 0 radical (unpaired) electrons. The molecular formula is C32H40N2O4. The second-order valence-electron chi connectivity index (χ2n) is 10.2. The molecule has 6 nitrogen and oxygen atoms in total. The molecule has 38 heavy (non-hydrogen) atoms. The lowest BCUT2D eigenvalue weighted by Gasteiger charge is -2.33. The predicted octanol–water partition coefficient (Wildman–Crippen LogP) is 5.47. The van der Waals surface area contributed by atoms with Crippen molar-refractivity contribution in [2.75, 3.05) is 51.4 Å². The van der Waals surface area contributed by atoms with Gasteiger partial charge in [0.25, 0.3) is 0 Å². The largest absolute Gasteiger partial charge is 0.490 e. The quantitative estimate of drug-likeness (QED) is 0.341. The highest BCUT2D eigenvalue weighted by atomic mass is 16.5. The number of rotatable bonds is 11. The Morgan fingerprint density at radius 1 is 1.00 bits per heavy atom. The Balaban J connectivity index is 1.20. The molecule has 2 atom stereocenters. The fraction of sp³-hybridized carbons (Fsp3) is 0.438. The van der Waals surface area contributed by atoms with E-state index in [9.17, 15) is 0 Å². The number of nitrogens with zero attached hydrogens (tertiary/aromatic N) is 1. The summed E-state index contributed by atoms with van der Waals surface area (Å²) in [6, 6.07) is 23.5. The Kier molecular flexibility index (Phi) is 9.18. The van der Waals surface area contributed by atoms with Gasteiger partial charge in [-0.3, -0.25) is 0 Å². The molecule has 3 aromatic rings. The number of ether oxygens (including phenoxy) is 4. The molecule has 2 heterocycles. The van der Waals surface area contributed by atoms with Gasteiger partial charge >= 0.3 is 0 Å². The molecule has 0 unspecified atom stereocenters. The first-order valence-electron chi connectivity index (χ1n) is 13.8. The van der Waals surface area contributed by atoms with E-state index < -0.39 is 0 Å². The van der Waals surface area contributed by atoms with E-state index in [4.69, 9.17) is 18.9 Å². The van der Waals surface area contributed by atoms with E-state index in [1.54, 1.807) is 7.11 Å². The van der Waals surface area contributed by atoms with Crippen molar-refractivity contribution in [2.45, 2.75) is 45.0 Å². The van der Waals surface area contributed by atoms with E-state index in [0.717, 1.165) is 75.0 Å². The summed E-state index contributed by atoms with van der Waals surface area (Å²) in [5.74, 6) is 2.27. The van der Waals surface area contributed by atoms with Crippen LogP contribution in [0.4, 0.5) is 5.69 Å². The number of fused-ring (bicyclic) bond motifs is 1. The van der Waals surface area contributed by atoms with Crippen LogP contribution >= 0.6 is 0 Å². The molecule has 0 saturated carbocycles. The lowest BCUT2D eigenvalue weighted by Crippen LogP contribution is -2.41. The normalized spacial score (nSPS) is 19.1. The van der Waals surface area contributed by atoms with Crippen LogP contribution in [0.25, 0.3) is 0 Å². The van der Waals surface area contributed by atoms with E-state index in [-0.39, 0.29) is 6.10 Å².